The molecule has 0 bridgehead atoms. The first-order valence-electron chi connectivity index (χ1n) is 10.2. The second-order valence-electron chi connectivity index (χ2n) is 7.06. The lowest BCUT2D eigenvalue weighted by Gasteiger charge is -2.20. The summed E-state index contributed by atoms with van der Waals surface area (Å²) in [6.45, 7) is 5.27. The Morgan fingerprint density at radius 1 is 1.13 bits per heavy atom. The van der Waals surface area contributed by atoms with Crippen LogP contribution in [0.5, 0.6) is 17.2 Å². The van der Waals surface area contributed by atoms with E-state index in [9.17, 15) is 13.2 Å². The average molecular weight is 449 g/mol. The quantitative estimate of drug-likeness (QED) is 0.667. The molecule has 0 aromatic heterocycles. The predicted octanol–water partition coefficient (Wildman–Crippen LogP) is 2.72. The highest BCUT2D eigenvalue weighted by Crippen LogP contribution is 2.34. The van der Waals surface area contributed by atoms with E-state index >= 15 is 0 Å². The van der Waals surface area contributed by atoms with Gasteiger partial charge in [0.25, 0.3) is 5.91 Å². The minimum atomic E-state index is -3.49. The van der Waals surface area contributed by atoms with Crippen molar-refractivity contribution in [3.05, 3.63) is 48.0 Å². The molecule has 0 fully saturated rings. The van der Waals surface area contributed by atoms with E-state index in [2.05, 4.69) is 5.32 Å². The fraction of sp³-hybridized carbons (Fsp3) is 0.409. The van der Waals surface area contributed by atoms with Gasteiger partial charge in [-0.15, -0.1) is 0 Å². The van der Waals surface area contributed by atoms with E-state index in [4.69, 9.17) is 14.2 Å². The van der Waals surface area contributed by atoms with E-state index in [0.29, 0.717) is 36.1 Å². The van der Waals surface area contributed by atoms with Crippen LogP contribution in [-0.4, -0.2) is 46.4 Å². The highest BCUT2D eigenvalue weighted by molar-refractivity contribution is 7.92. The number of ether oxygens (including phenoxy) is 3. The first kappa shape index (κ1) is 22.7. The zero-order valence-corrected chi connectivity index (χ0v) is 18.8. The average Bonchev–Trinajstić information content (AvgIpc) is 2.94. The number of rotatable bonds is 8. The third kappa shape index (κ3) is 5.61. The molecule has 1 amide bonds. The Bertz CT molecular complexity index is 1020. The zero-order chi connectivity index (χ0) is 22.4. The molecule has 0 saturated carbocycles. The molecule has 0 saturated heterocycles. The van der Waals surface area contributed by atoms with Gasteiger partial charge >= 0.3 is 0 Å². The summed E-state index contributed by atoms with van der Waals surface area (Å²) in [5.41, 5.74) is 1.29. The van der Waals surface area contributed by atoms with Crippen molar-refractivity contribution in [2.75, 3.05) is 30.3 Å². The van der Waals surface area contributed by atoms with Crippen LogP contribution in [0.15, 0.2) is 42.5 Å². The maximum Gasteiger partial charge on any atom is 0.261 e. The Morgan fingerprint density at radius 2 is 1.84 bits per heavy atom. The molecule has 3 rings (SSSR count). The maximum absolute atomic E-state index is 12.8. The molecule has 0 aliphatic carbocycles. The van der Waals surface area contributed by atoms with Crippen molar-refractivity contribution >= 4 is 21.6 Å². The van der Waals surface area contributed by atoms with E-state index in [0.717, 1.165) is 11.8 Å². The Labute approximate surface area is 183 Å². The number of hydrogen-bond acceptors (Lipinski definition) is 6. The van der Waals surface area contributed by atoms with Crippen LogP contribution in [0.1, 0.15) is 25.8 Å². The van der Waals surface area contributed by atoms with Crippen molar-refractivity contribution in [1.82, 2.24) is 5.32 Å². The summed E-state index contributed by atoms with van der Waals surface area (Å²) in [5.74, 6) is 1.34. The number of amides is 1. The fourth-order valence-electron chi connectivity index (χ4n) is 3.37. The number of benzene rings is 2. The number of fused-ring (bicyclic) bond motifs is 1. The summed E-state index contributed by atoms with van der Waals surface area (Å²) in [6, 6.07) is 12.3. The van der Waals surface area contributed by atoms with Gasteiger partial charge in [0.2, 0.25) is 10.0 Å². The molecule has 0 spiro atoms. The summed E-state index contributed by atoms with van der Waals surface area (Å²) in [4.78, 5) is 12.8. The zero-order valence-electron chi connectivity index (χ0n) is 18.0. The van der Waals surface area contributed by atoms with E-state index < -0.39 is 16.1 Å². The molecule has 168 valence electrons. The van der Waals surface area contributed by atoms with Crippen molar-refractivity contribution < 1.29 is 27.4 Å². The second-order valence-corrected chi connectivity index (χ2v) is 8.97. The monoisotopic (exact) mass is 448 g/mol. The first-order chi connectivity index (χ1) is 14.8. The van der Waals surface area contributed by atoms with Crippen molar-refractivity contribution in [2.24, 2.45) is 0 Å². The van der Waals surface area contributed by atoms with Crippen LogP contribution in [0, 0.1) is 0 Å². The summed E-state index contributed by atoms with van der Waals surface area (Å²) in [7, 11) is -3.49. The molecule has 31 heavy (non-hydrogen) atoms. The number of anilines is 1. The van der Waals surface area contributed by atoms with Gasteiger partial charge in [0, 0.05) is 19.5 Å². The van der Waals surface area contributed by atoms with Gasteiger partial charge in [-0.05, 0) is 43.7 Å². The van der Waals surface area contributed by atoms with Crippen LogP contribution >= 0.6 is 0 Å². The number of nitrogens with zero attached hydrogens (tertiary/aromatic N) is 1. The molecule has 2 aromatic rings. The summed E-state index contributed by atoms with van der Waals surface area (Å²) in [6.07, 6.45) is 0.578. The van der Waals surface area contributed by atoms with Crippen LogP contribution in [0.4, 0.5) is 5.69 Å². The normalized spacial score (nSPS) is 16.0. The maximum atomic E-state index is 12.8. The van der Waals surface area contributed by atoms with Crippen LogP contribution in [-0.2, 0) is 21.4 Å². The van der Waals surface area contributed by atoms with Gasteiger partial charge in [-0.3, -0.25) is 9.10 Å². The number of carbonyl (C=O) groups excluding carboxylic acids is 1. The SMILES string of the molecule is CCOc1ccc(CNC(=O)[C@@H]2CCN(S(C)(=O)=O)c3ccccc3O2)cc1OCC. The molecule has 1 aliphatic rings. The Morgan fingerprint density at radius 3 is 2.55 bits per heavy atom. The van der Waals surface area contributed by atoms with Crippen molar-refractivity contribution in [3.8, 4) is 17.2 Å². The smallest absolute Gasteiger partial charge is 0.261 e. The molecule has 2 aromatic carbocycles. The number of carbonyl (C=O) groups is 1. The largest absolute Gasteiger partial charge is 0.490 e. The molecule has 1 heterocycles. The van der Waals surface area contributed by atoms with E-state index in [1.165, 1.54) is 4.31 Å². The van der Waals surface area contributed by atoms with E-state index in [-0.39, 0.29) is 25.4 Å². The number of nitrogens with one attached hydrogen (secondary N) is 1. The predicted molar refractivity (Wildman–Crippen MR) is 118 cm³/mol. The molecule has 1 atom stereocenters. The fourth-order valence-corrected chi connectivity index (χ4v) is 4.31. The van der Waals surface area contributed by atoms with Crippen LogP contribution in [0.3, 0.4) is 0 Å². The minimum absolute atomic E-state index is 0.158. The van der Waals surface area contributed by atoms with Gasteiger partial charge in [0.1, 0.15) is 5.75 Å². The number of sulfonamides is 1. The molecule has 0 unspecified atom stereocenters. The van der Waals surface area contributed by atoms with Gasteiger partial charge in [0.15, 0.2) is 17.6 Å². The summed E-state index contributed by atoms with van der Waals surface area (Å²) >= 11 is 0. The van der Waals surface area contributed by atoms with Gasteiger partial charge in [-0.1, -0.05) is 18.2 Å². The third-order valence-electron chi connectivity index (χ3n) is 4.76. The van der Waals surface area contributed by atoms with Gasteiger partial charge in [0.05, 0.1) is 25.2 Å². The molecular weight excluding hydrogens is 420 g/mol. The number of para-hydroxylation sites is 2. The molecule has 0 radical (unpaired) electrons. The van der Waals surface area contributed by atoms with Gasteiger partial charge in [-0.2, -0.15) is 0 Å². The topological polar surface area (TPSA) is 94.2 Å². The highest BCUT2D eigenvalue weighted by Gasteiger charge is 2.30. The lowest BCUT2D eigenvalue weighted by Crippen LogP contribution is -2.39. The summed E-state index contributed by atoms with van der Waals surface area (Å²) in [5, 5.41) is 2.87. The van der Waals surface area contributed by atoms with Gasteiger partial charge in [-0.25, -0.2) is 8.42 Å². The molecule has 1 N–H and O–H groups in total. The van der Waals surface area contributed by atoms with Crippen molar-refractivity contribution in [3.63, 3.8) is 0 Å². The minimum Gasteiger partial charge on any atom is -0.490 e. The molecule has 8 nitrogen and oxygen atoms in total. The second kappa shape index (κ2) is 9.91. The molecular formula is C22H28N2O6S. The standard InChI is InChI=1S/C22H28N2O6S/c1-4-28-19-11-10-16(14-21(19)29-5-2)15-23-22(25)20-12-13-24(31(3,26)27)17-8-6-7-9-18(17)30-20/h6-11,14,20H,4-5,12-13,15H2,1-3H3,(H,23,25)/t20-/m0/s1. The Balaban J connectivity index is 1.71. The lowest BCUT2D eigenvalue weighted by molar-refractivity contribution is -0.128. The van der Waals surface area contributed by atoms with Crippen molar-refractivity contribution in [1.29, 1.82) is 0 Å². The van der Waals surface area contributed by atoms with E-state index in [1.54, 1.807) is 24.3 Å². The Hall–Kier alpha value is -2.94. The van der Waals surface area contributed by atoms with Crippen LogP contribution in [0.2, 0.25) is 0 Å². The van der Waals surface area contributed by atoms with E-state index in [1.807, 2.05) is 32.0 Å². The first-order valence-corrected chi connectivity index (χ1v) is 12.1. The Kier molecular flexibility index (Phi) is 7.27. The number of hydrogen-bond donors (Lipinski definition) is 1. The highest BCUT2D eigenvalue weighted by atomic mass is 32.2. The van der Waals surface area contributed by atoms with Gasteiger partial charge < -0.3 is 19.5 Å². The molecule has 9 heteroatoms. The van der Waals surface area contributed by atoms with Crippen molar-refractivity contribution in [2.45, 2.75) is 32.9 Å². The van der Waals surface area contributed by atoms with Crippen LogP contribution in [0.25, 0.3) is 0 Å². The summed E-state index contributed by atoms with van der Waals surface area (Å²) < 4.78 is 42.7. The van der Waals surface area contributed by atoms with Crippen LogP contribution < -0.4 is 23.8 Å². The molecule has 1 aliphatic heterocycles. The third-order valence-corrected chi connectivity index (χ3v) is 5.94. The lowest BCUT2D eigenvalue weighted by atomic mass is 10.2.